The van der Waals surface area contributed by atoms with E-state index in [0.29, 0.717) is 11.3 Å². The summed E-state index contributed by atoms with van der Waals surface area (Å²) in [4.78, 5) is 24.8. The van der Waals surface area contributed by atoms with Gasteiger partial charge in [-0.05, 0) is 82.3 Å². The van der Waals surface area contributed by atoms with Gasteiger partial charge in [-0.3, -0.25) is 9.59 Å². The van der Waals surface area contributed by atoms with E-state index in [0.717, 1.165) is 42.6 Å². The first-order valence-electron chi connectivity index (χ1n) is 10.1. The summed E-state index contributed by atoms with van der Waals surface area (Å²) in [6.07, 6.45) is 7.75. The highest BCUT2D eigenvalue weighted by Gasteiger charge is 2.51. The molecule has 4 fully saturated rings. The van der Waals surface area contributed by atoms with E-state index >= 15 is 0 Å². The second-order valence-electron chi connectivity index (χ2n) is 9.08. The third-order valence-electron chi connectivity index (χ3n) is 6.49. The van der Waals surface area contributed by atoms with Crippen LogP contribution in [0, 0.1) is 24.7 Å². The van der Waals surface area contributed by atoms with Crippen LogP contribution in [0.15, 0.2) is 29.4 Å². The van der Waals surface area contributed by atoms with Crippen molar-refractivity contribution in [2.45, 2.75) is 64.3 Å². The summed E-state index contributed by atoms with van der Waals surface area (Å²) in [6, 6.07) is 7.37. The van der Waals surface area contributed by atoms with Crippen molar-refractivity contribution in [3.63, 3.8) is 0 Å². The minimum Gasteiger partial charge on any atom is -0.350 e. The number of hydrogen-bond acceptors (Lipinski definition) is 3. The Labute approximate surface area is 161 Å². The molecule has 27 heavy (non-hydrogen) atoms. The molecule has 1 aromatic carbocycles. The molecule has 0 heterocycles. The summed E-state index contributed by atoms with van der Waals surface area (Å²) < 4.78 is 0. The molecule has 144 valence electrons. The van der Waals surface area contributed by atoms with Gasteiger partial charge < -0.3 is 5.32 Å². The molecule has 4 saturated carbocycles. The standard InChI is InChI=1S/C22H29N3O2/c1-14-4-3-5-19(6-14)21(27)25-24-15(2)7-20(26)23-22-11-16-8-17(12-22)10-18(9-16)13-22/h3-6,16-18H,7-13H2,1-2H3,(H,23,26)(H,25,27). The second kappa shape index (κ2) is 7.10. The molecule has 0 aliphatic heterocycles. The van der Waals surface area contributed by atoms with Gasteiger partial charge in [-0.25, -0.2) is 5.43 Å². The average Bonchev–Trinajstić information content (AvgIpc) is 2.57. The van der Waals surface area contributed by atoms with Gasteiger partial charge >= 0.3 is 0 Å². The van der Waals surface area contributed by atoms with Crippen molar-refractivity contribution in [2.75, 3.05) is 0 Å². The molecule has 0 spiro atoms. The number of hydrogen-bond donors (Lipinski definition) is 2. The van der Waals surface area contributed by atoms with Gasteiger partial charge in [0.05, 0.1) is 6.42 Å². The summed E-state index contributed by atoms with van der Waals surface area (Å²) in [5, 5.41) is 7.47. The minimum absolute atomic E-state index is 0.0247. The first-order chi connectivity index (χ1) is 12.9. The van der Waals surface area contributed by atoms with E-state index < -0.39 is 0 Å². The lowest BCUT2D eigenvalue weighted by molar-refractivity contribution is -0.125. The molecule has 0 saturated heterocycles. The highest BCUT2D eigenvalue weighted by molar-refractivity contribution is 6.01. The molecular formula is C22H29N3O2. The fourth-order valence-corrected chi connectivity index (χ4v) is 5.87. The molecule has 0 aromatic heterocycles. The van der Waals surface area contributed by atoms with E-state index in [4.69, 9.17) is 0 Å². The van der Waals surface area contributed by atoms with Gasteiger partial charge in [0, 0.05) is 16.8 Å². The number of carbonyl (C=O) groups is 2. The summed E-state index contributed by atoms with van der Waals surface area (Å²) in [6.45, 7) is 3.73. The van der Waals surface area contributed by atoms with Crippen molar-refractivity contribution in [3.8, 4) is 0 Å². The Morgan fingerprint density at radius 2 is 1.74 bits per heavy atom. The molecule has 4 aliphatic carbocycles. The van der Waals surface area contributed by atoms with E-state index in [-0.39, 0.29) is 23.8 Å². The van der Waals surface area contributed by atoms with Crippen molar-refractivity contribution in [1.29, 1.82) is 0 Å². The number of aryl methyl sites for hydroxylation is 1. The molecule has 5 heteroatoms. The molecule has 4 bridgehead atoms. The molecule has 0 radical (unpaired) electrons. The number of hydrazone groups is 1. The highest BCUT2D eigenvalue weighted by Crippen LogP contribution is 2.55. The Bertz CT molecular complexity index is 748. The Morgan fingerprint density at radius 3 is 2.33 bits per heavy atom. The largest absolute Gasteiger partial charge is 0.350 e. The topological polar surface area (TPSA) is 70.6 Å². The number of amides is 2. The number of benzene rings is 1. The van der Waals surface area contributed by atoms with E-state index in [2.05, 4.69) is 15.8 Å². The molecule has 0 atom stereocenters. The third-order valence-corrected chi connectivity index (χ3v) is 6.49. The lowest BCUT2D eigenvalue weighted by Crippen LogP contribution is -2.60. The Kier molecular flexibility index (Phi) is 4.79. The maximum absolute atomic E-state index is 12.6. The average molecular weight is 367 g/mol. The van der Waals surface area contributed by atoms with Crippen LogP contribution >= 0.6 is 0 Å². The molecule has 1 aromatic rings. The van der Waals surface area contributed by atoms with Crippen LogP contribution in [0.3, 0.4) is 0 Å². The van der Waals surface area contributed by atoms with E-state index in [1.807, 2.05) is 25.1 Å². The SMILES string of the molecule is CC(CC(=O)NC12CC3CC(CC(C3)C1)C2)=NNC(=O)c1cccc(C)c1. The zero-order chi connectivity index (χ0) is 19.0. The summed E-state index contributed by atoms with van der Waals surface area (Å²) in [7, 11) is 0. The van der Waals surface area contributed by atoms with Crippen LogP contribution in [0.4, 0.5) is 0 Å². The van der Waals surface area contributed by atoms with E-state index in [1.54, 1.807) is 13.0 Å². The van der Waals surface area contributed by atoms with Gasteiger partial charge in [-0.15, -0.1) is 0 Å². The van der Waals surface area contributed by atoms with Gasteiger partial charge in [0.2, 0.25) is 5.91 Å². The van der Waals surface area contributed by atoms with E-state index in [9.17, 15) is 9.59 Å². The Morgan fingerprint density at radius 1 is 1.11 bits per heavy atom. The first-order valence-corrected chi connectivity index (χ1v) is 10.1. The number of nitrogens with one attached hydrogen (secondary N) is 2. The lowest BCUT2D eigenvalue weighted by atomic mass is 9.53. The van der Waals surface area contributed by atoms with Gasteiger partial charge in [0.25, 0.3) is 5.91 Å². The van der Waals surface area contributed by atoms with Gasteiger partial charge in [-0.2, -0.15) is 5.10 Å². The van der Waals surface area contributed by atoms with Crippen molar-refractivity contribution >= 4 is 17.5 Å². The number of carbonyl (C=O) groups excluding carboxylic acids is 2. The first kappa shape index (κ1) is 18.2. The minimum atomic E-state index is -0.250. The maximum Gasteiger partial charge on any atom is 0.271 e. The summed E-state index contributed by atoms with van der Waals surface area (Å²) in [5.41, 5.74) is 4.81. The van der Waals surface area contributed by atoms with Gasteiger partial charge in [0.15, 0.2) is 0 Å². The predicted octanol–water partition coefficient (Wildman–Crippen LogP) is 3.58. The maximum atomic E-state index is 12.6. The van der Waals surface area contributed by atoms with Crippen LogP contribution in [-0.2, 0) is 4.79 Å². The van der Waals surface area contributed by atoms with Crippen molar-refractivity contribution in [1.82, 2.24) is 10.7 Å². The van der Waals surface area contributed by atoms with Gasteiger partial charge in [0.1, 0.15) is 0 Å². The molecular weight excluding hydrogens is 338 g/mol. The zero-order valence-electron chi connectivity index (χ0n) is 16.3. The Hall–Kier alpha value is -2.17. The monoisotopic (exact) mass is 367 g/mol. The van der Waals surface area contributed by atoms with Crippen LogP contribution < -0.4 is 10.7 Å². The summed E-state index contributed by atoms with van der Waals surface area (Å²) >= 11 is 0. The zero-order valence-corrected chi connectivity index (χ0v) is 16.3. The number of rotatable bonds is 5. The molecule has 2 amide bonds. The smallest absolute Gasteiger partial charge is 0.271 e. The number of nitrogens with zero attached hydrogens (tertiary/aromatic N) is 1. The molecule has 5 nitrogen and oxygen atoms in total. The van der Waals surface area contributed by atoms with Crippen molar-refractivity contribution < 1.29 is 9.59 Å². The van der Waals surface area contributed by atoms with E-state index in [1.165, 1.54) is 19.3 Å². The van der Waals surface area contributed by atoms with Crippen LogP contribution in [0.2, 0.25) is 0 Å². The molecule has 0 unspecified atom stereocenters. The second-order valence-corrected chi connectivity index (χ2v) is 9.08. The molecule has 5 rings (SSSR count). The third kappa shape index (κ3) is 4.07. The normalized spacial score (nSPS) is 31.6. The lowest BCUT2D eigenvalue weighted by Gasteiger charge is -2.56. The molecule has 2 N–H and O–H groups in total. The fraction of sp³-hybridized carbons (Fsp3) is 0.591. The summed E-state index contributed by atoms with van der Waals surface area (Å²) in [5.74, 6) is 2.20. The highest BCUT2D eigenvalue weighted by atomic mass is 16.2. The predicted molar refractivity (Wildman–Crippen MR) is 105 cm³/mol. The van der Waals surface area contributed by atoms with Gasteiger partial charge in [-0.1, -0.05) is 17.7 Å². The van der Waals surface area contributed by atoms with Crippen LogP contribution in [0.25, 0.3) is 0 Å². The van der Waals surface area contributed by atoms with Crippen LogP contribution in [0.5, 0.6) is 0 Å². The molecule has 4 aliphatic rings. The Balaban J connectivity index is 1.31. The van der Waals surface area contributed by atoms with Crippen LogP contribution in [-0.4, -0.2) is 23.1 Å². The van der Waals surface area contributed by atoms with Crippen molar-refractivity contribution in [2.24, 2.45) is 22.9 Å². The quantitative estimate of drug-likeness (QED) is 0.617. The van der Waals surface area contributed by atoms with Crippen molar-refractivity contribution in [3.05, 3.63) is 35.4 Å². The van der Waals surface area contributed by atoms with Crippen LogP contribution in [0.1, 0.15) is 67.8 Å². The fourth-order valence-electron chi connectivity index (χ4n) is 5.87.